The van der Waals surface area contributed by atoms with Gasteiger partial charge in [0.2, 0.25) is 10.0 Å². The lowest BCUT2D eigenvalue weighted by molar-refractivity contribution is -0.135. The highest BCUT2D eigenvalue weighted by Crippen LogP contribution is 2.21. The van der Waals surface area contributed by atoms with E-state index in [2.05, 4.69) is 22.5 Å². The molecule has 2 heterocycles. The van der Waals surface area contributed by atoms with Crippen molar-refractivity contribution in [3.63, 3.8) is 0 Å². The molecule has 0 aliphatic heterocycles. The number of carboxylic acids is 1. The van der Waals surface area contributed by atoms with Crippen molar-refractivity contribution in [2.45, 2.75) is 31.2 Å². The maximum atomic E-state index is 12.1. The van der Waals surface area contributed by atoms with E-state index < -0.39 is 22.5 Å². The number of aliphatic carboxylic acids is 1. The average molecular weight is 387 g/mol. The van der Waals surface area contributed by atoms with Gasteiger partial charge in [-0.2, -0.15) is 4.72 Å². The molecule has 0 spiro atoms. The summed E-state index contributed by atoms with van der Waals surface area (Å²) in [5, 5.41) is 9.71. The highest BCUT2D eigenvalue weighted by molar-refractivity contribution is 7.89. The summed E-state index contributed by atoms with van der Waals surface area (Å²) in [5.74, 6) is -1.23. The Bertz CT molecular complexity index is 1060. The second kappa shape index (κ2) is 7.89. The summed E-state index contributed by atoms with van der Waals surface area (Å²) in [6.45, 7) is 2.06. The largest absolute Gasteiger partial charge is 0.480 e. The number of fused-ring (bicyclic) bond motifs is 1. The first-order valence-corrected chi connectivity index (χ1v) is 10.1. The number of aryl methyl sites for hydroxylation is 1. The van der Waals surface area contributed by atoms with Crippen LogP contribution in [0.2, 0.25) is 0 Å². The van der Waals surface area contributed by atoms with Crippen molar-refractivity contribution in [3.05, 3.63) is 59.9 Å². The lowest BCUT2D eigenvalue weighted by atomic mass is 10.2. The number of aromatic nitrogens is 2. The molecule has 27 heavy (non-hydrogen) atoms. The van der Waals surface area contributed by atoms with Gasteiger partial charge in [-0.25, -0.2) is 13.4 Å². The second-order valence-corrected chi connectivity index (χ2v) is 8.02. The number of carboxylic acid groups (broad SMARTS) is 1. The van der Waals surface area contributed by atoms with E-state index in [1.807, 2.05) is 16.9 Å². The third kappa shape index (κ3) is 4.35. The zero-order valence-corrected chi connectivity index (χ0v) is 15.7. The van der Waals surface area contributed by atoms with Gasteiger partial charge in [-0.15, -0.1) is 0 Å². The van der Waals surface area contributed by atoms with Crippen LogP contribution in [0.1, 0.15) is 24.6 Å². The van der Waals surface area contributed by atoms with E-state index in [-0.39, 0.29) is 4.90 Å². The van der Waals surface area contributed by atoms with Crippen LogP contribution in [0.15, 0.2) is 53.6 Å². The molecular weight excluding hydrogens is 366 g/mol. The molecule has 2 aromatic heterocycles. The second-order valence-electron chi connectivity index (χ2n) is 6.25. The summed E-state index contributed by atoms with van der Waals surface area (Å²) >= 11 is 0. The third-order valence-corrected chi connectivity index (χ3v) is 5.65. The zero-order valence-electron chi connectivity index (χ0n) is 14.9. The Hall–Kier alpha value is -2.71. The van der Waals surface area contributed by atoms with Crippen LogP contribution in [-0.2, 0) is 27.8 Å². The van der Waals surface area contributed by atoms with Gasteiger partial charge < -0.3 is 9.67 Å². The van der Waals surface area contributed by atoms with Crippen LogP contribution in [0.4, 0.5) is 0 Å². The number of hydrogen-bond acceptors (Lipinski definition) is 4. The van der Waals surface area contributed by atoms with Gasteiger partial charge in [0.05, 0.1) is 4.90 Å². The van der Waals surface area contributed by atoms with Crippen molar-refractivity contribution in [1.82, 2.24) is 14.3 Å². The number of carbonyl (C=O) groups is 1. The molecule has 7 nitrogen and oxygen atoms in total. The van der Waals surface area contributed by atoms with Gasteiger partial charge in [0.25, 0.3) is 0 Å². The van der Waals surface area contributed by atoms with Crippen LogP contribution in [0.25, 0.3) is 11.0 Å². The number of pyridine rings is 1. The Morgan fingerprint density at radius 2 is 1.96 bits per heavy atom. The number of sulfonamides is 1. The van der Waals surface area contributed by atoms with Gasteiger partial charge in [0.15, 0.2) is 0 Å². The zero-order chi connectivity index (χ0) is 19.4. The normalized spacial score (nSPS) is 11.7. The first kappa shape index (κ1) is 19.1. The molecule has 3 rings (SSSR count). The molecular formula is C19H21N3O4S. The predicted octanol–water partition coefficient (Wildman–Crippen LogP) is 2.40. The van der Waals surface area contributed by atoms with Crippen LogP contribution in [-0.4, -0.2) is 35.6 Å². The first-order valence-electron chi connectivity index (χ1n) is 8.64. The van der Waals surface area contributed by atoms with Crippen molar-refractivity contribution >= 4 is 27.0 Å². The smallest absolute Gasteiger partial charge is 0.318 e. The number of rotatable bonds is 8. The lowest BCUT2D eigenvalue weighted by Gasteiger charge is -2.11. The Morgan fingerprint density at radius 3 is 2.63 bits per heavy atom. The molecule has 0 fully saturated rings. The minimum atomic E-state index is -3.84. The maximum absolute atomic E-state index is 12.1. The fourth-order valence-electron chi connectivity index (χ4n) is 2.98. The third-order valence-electron chi connectivity index (χ3n) is 4.24. The van der Waals surface area contributed by atoms with Gasteiger partial charge in [0.1, 0.15) is 12.2 Å². The van der Waals surface area contributed by atoms with Gasteiger partial charge in [0, 0.05) is 23.8 Å². The summed E-state index contributed by atoms with van der Waals surface area (Å²) in [4.78, 5) is 15.1. The standard InChI is InChI=1S/C19H21N3O4S/c1-2-4-16-11-15-5-3-10-20-19(15)22(16)13-14-6-8-17(9-7-14)27(25,26)21-12-18(23)24/h3,5-11,21H,2,4,12-13H2,1H3,(H,23,24). The van der Waals surface area contributed by atoms with E-state index in [1.165, 1.54) is 17.8 Å². The number of nitrogens with one attached hydrogen (secondary N) is 1. The van der Waals surface area contributed by atoms with E-state index in [1.54, 1.807) is 18.3 Å². The topological polar surface area (TPSA) is 101 Å². The number of nitrogens with zero attached hydrogens (tertiary/aromatic N) is 2. The van der Waals surface area contributed by atoms with E-state index in [9.17, 15) is 13.2 Å². The summed E-state index contributed by atoms with van der Waals surface area (Å²) in [7, 11) is -3.84. The molecule has 0 saturated heterocycles. The molecule has 8 heteroatoms. The SMILES string of the molecule is CCCc1cc2cccnc2n1Cc1ccc(S(=O)(=O)NCC(=O)O)cc1. The van der Waals surface area contributed by atoms with Gasteiger partial charge in [-0.3, -0.25) is 4.79 Å². The van der Waals surface area contributed by atoms with Crippen molar-refractivity contribution in [3.8, 4) is 0 Å². The fourth-order valence-corrected chi connectivity index (χ4v) is 3.95. The van der Waals surface area contributed by atoms with E-state index in [4.69, 9.17) is 5.11 Å². The van der Waals surface area contributed by atoms with Crippen LogP contribution < -0.4 is 4.72 Å². The monoisotopic (exact) mass is 387 g/mol. The first-order chi connectivity index (χ1) is 12.9. The summed E-state index contributed by atoms with van der Waals surface area (Å²) in [6, 6.07) is 12.5. The van der Waals surface area contributed by atoms with Crippen molar-refractivity contribution < 1.29 is 18.3 Å². The Kier molecular flexibility index (Phi) is 5.57. The van der Waals surface area contributed by atoms with Crippen LogP contribution >= 0.6 is 0 Å². The maximum Gasteiger partial charge on any atom is 0.318 e. The predicted molar refractivity (Wildman–Crippen MR) is 102 cm³/mol. The lowest BCUT2D eigenvalue weighted by Crippen LogP contribution is -2.29. The fraction of sp³-hybridized carbons (Fsp3) is 0.263. The Balaban J connectivity index is 1.86. The highest BCUT2D eigenvalue weighted by atomic mass is 32.2. The van der Waals surface area contributed by atoms with Gasteiger partial charge in [-0.05, 0) is 42.3 Å². The van der Waals surface area contributed by atoms with E-state index >= 15 is 0 Å². The van der Waals surface area contributed by atoms with Crippen molar-refractivity contribution in [2.24, 2.45) is 0 Å². The van der Waals surface area contributed by atoms with Crippen molar-refractivity contribution in [2.75, 3.05) is 6.54 Å². The Labute approximate surface area is 157 Å². The minimum Gasteiger partial charge on any atom is -0.480 e. The molecule has 0 amide bonds. The molecule has 0 unspecified atom stereocenters. The molecule has 0 aliphatic rings. The van der Waals surface area contributed by atoms with Crippen molar-refractivity contribution in [1.29, 1.82) is 0 Å². The van der Waals surface area contributed by atoms with E-state index in [0.717, 1.165) is 29.4 Å². The van der Waals surface area contributed by atoms with Crippen LogP contribution in [0, 0.1) is 0 Å². The van der Waals surface area contributed by atoms with Gasteiger partial charge >= 0.3 is 5.97 Å². The number of benzene rings is 1. The van der Waals surface area contributed by atoms with Crippen LogP contribution in [0.5, 0.6) is 0 Å². The molecule has 0 bridgehead atoms. The summed E-state index contributed by atoms with van der Waals surface area (Å²) < 4.78 is 28.4. The molecule has 142 valence electrons. The van der Waals surface area contributed by atoms with E-state index in [0.29, 0.717) is 6.54 Å². The van der Waals surface area contributed by atoms with Crippen LogP contribution in [0.3, 0.4) is 0 Å². The molecule has 3 aromatic rings. The highest BCUT2D eigenvalue weighted by Gasteiger charge is 2.15. The molecule has 0 saturated carbocycles. The minimum absolute atomic E-state index is 0.0387. The summed E-state index contributed by atoms with van der Waals surface area (Å²) in [6.07, 6.45) is 3.71. The van der Waals surface area contributed by atoms with Gasteiger partial charge in [-0.1, -0.05) is 25.5 Å². The quantitative estimate of drug-likeness (QED) is 0.618. The molecule has 2 N–H and O–H groups in total. The summed E-state index contributed by atoms with van der Waals surface area (Å²) in [5.41, 5.74) is 3.03. The molecule has 0 atom stereocenters. The number of hydrogen-bond donors (Lipinski definition) is 2. The molecule has 0 aliphatic carbocycles. The average Bonchev–Trinajstić information content (AvgIpc) is 2.98. The molecule has 1 aromatic carbocycles. The molecule has 0 radical (unpaired) electrons. The Morgan fingerprint density at radius 1 is 1.22 bits per heavy atom.